The third kappa shape index (κ3) is 2.66. The SMILES string of the molecule is O=S(=O)(c1cnccc1Cl)N1CCC(CO)CC1. The fraction of sp³-hybridized carbons (Fsp3) is 0.545. The molecule has 1 aromatic heterocycles. The van der Waals surface area contributed by atoms with Crippen molar-refractivity contribution in [1.29, 1.82) is 0 Å². The van der Waals surface area contributed by atoms with E-state index in [-0.39, 0.29) is 22.4 Å². The Morgan fingerprint density at radius 2 is 2.11 bits per heavy atom. The van der Waals surface area contributed by atoms with Gasteiger partial charge in [0, 0.05) is 32.1 Å². The second kappa shape index (κ2) is 5.52. The molecule has 0 aliphatic carbocycles. The fourth-order valence-corrected chi connectivity index (χ4v) is 3.90. The van der Waals surface area contributed by atoms with Crippen LogP contribution in [0, 0.1) is 5.92 Å². The van der Waals surface area contributed by atoms with Gasteiger partial charge in [-0.2, -0.15) is 4.31 Å². The van der Waals surface area contributed by atoms with Gasteiger partial charge in [-0.05, 0) is 24.8 Å². The van der Waals surface area contributed by atoms with Crippen molar-refractivity contribution in [3.8, 4) is 0 Å². The number of halogens is 1. The predicted octanol–water partition coefficient (Wildman–Crippen LogP) is 1.13. The van der Waals surface area contributed by atoms with E-state index in [1.807, 2.05) is 0 Å². The van der Waals surface area contributed by atoms with Gasteiger partial charge in [-0.15, -0.1) is 0 Å². The lowest BCUT2D eigenvalue weighted by molar-refractivity contribution is 0.170. The fourth-order valence-electron chi connectivity index (χ4n) is 2.02. The quantitative estimate of drug-likeness (QED) is 0.906. The monoisotopic (exact) mass is 290 g/mol. The molecule has 2 rings (SSSR count). The molecule has 2 heterocycles. The van der Waals surface area contributed by atoms with E-state index in [0.29, 0.717) is 25.9 Å². The molecule has 0 radical (unpaired) electrons. The third-order valence-corrected chi connectivity index (χ3v) is 5.55. The van der Waals surface area contributed by atoms with Gasteiger partial charge in [-0.1, -0.05) is 11.6 Å². The van der Waals surface area contributed by atoms with Crippen LogP contribution in [0.25, 0.3) is 0 Å². The van der Waals surface area contributed by atoms with Gasteiger partial charge >= 0.3 is 0 Å². The molecular weight excluding hydrogens is 276 g/mol. The van der Waals surface area contributed by atoms with Crippen LogP contribution in [0.2, 0.25) is 5.02 Å². The molecule has 18 heavy (non-hydrogen) atoms. The topological polar surface area (TPSA) is 70.5 Å². The average Bonchev–Trinajstić information content (AvgIpc) is 2.39. The van der Waals surface area contributed by atoms with Gasteiger partial charge in [0.15, 0.2) is 0 Å². The van der Waals surface area contributed by atoms with E-state index in [1.54, 1.807) is 0 Å². The van der Waals surface area contributed by atoms with Crippen molar-refractivity contribution >= 4 is 21.6 Å². The van der Waals surface area contributed by atoms with Crippen LogP contribution in [0.1, 0.15) is 12.8 Å². The number of rotatable bonds is 3. The number of pyridine rings is 1. The van der Waals surface area contributed by atoms with Crippen LogP contribution >= 0.6 is 11.6 Å². The third-order valence-electron chi connectivity index (χ3n) is 3.18. The summed E-state index contributed by atoms with van der Waals surface area (Å²) in [5.41, 5.74) is 0. The van der Waals surface area contributed by atoms with Crippen LogP contribution in [-0.2, 0) is 10.0 Å². The van der Waals surface area contributed by atoms with Gasteiger partial charge in [0.25, 0.3) is 0 Å². The molecule has 0 atom stereocenters. The molecule has 1 aliphatic rings. The maximum Gasteiger partial charge on any atom is 0.246 e. The molecule has 0 amide bonds. The first kappa shape index (κ1) is 13.7. The molecule has 5 nitrogen and oxygen atoms in total. The second-order valence-corrected chi connectivity index (χ2v) is 6.65. The average molecular weight is 291 g/mol. The minimum absolute atomic E-state index is 0.0501. The Morgan fingerprint density at radius 1 is 1.44 bits per heavy atom. The molecular formula is C11H15ClN2O3S. The highest BCUT2D eigenvalue weighted by atomic mass is 35.5. The lowest BCUT2D eigenvalue weighted by Gasteiger charge is -2.30. The maximum absolute atomic E-state index is 12.3. The number of nitrogens with zero attached hydrogens (tertiary/aromatic N) is 2. The van der Waals surface area contributed by atoms with Crippen molar-refractivity contribution in [1.82, 2.24) is 9.29 Å². The number of piperidine rings is 1. The lowest BCUT2D eigenvalue weighted by atomic mass is 10.00. The maximum atomic E-state index is 12.3. The number of hydrogen-bond donors (Lipinski definition) is 1. The molecule has 1 aliphatic heterocycles. The molecule has 7 heteroatoms. The van der Waals surface area contributed by atoms with Crippen molar-refractivity contribution in [2.45, 2.75) is 17.7 Å². The van der Waals surface area contributed by atoms with Gasteiger partial charge < -0.3 is 5.11 Å². The van der Waals surface area contributed by atoms with Crippen LogP contribution in [0.5, 0.6) is 0 Å². The normalized spacial score (nSPS) is 19.0. The zero-order valence-electron chi connectivity index (χ0n) is 9.79. The number of sulfonamides is 1. The van der Waals surface area contributed by atoms with E-state index in [0.717, 1.165) is 0 Å². The molecule has 0 aromatic carbocycles. The molecule has 1 saturated heterocycles. The van der Waals surface area contributed by atoms with Gasteiger partial charge in [0.1, 0.15) is 4.90 Å². The second-order valence-electron chi connectivity index (χ2n) is 4.34. The minimum Gasteiger partial charge on any atom is -0.396 e. The highest BCUT2D eigenvalue weighted by Crippen LogP contribution is 2.27. The lowest BCUT2D eigenvalue weighted by Crippen LogP contribution is -2.39. The highest BCUT2D eigenvalue weighted by molar-refractivity contribution is 7.89. The Bertz CT molecular complexity index is 513. The first-order valence-electron chi connectivity index (χ1n) is 5.76. The number of hydrogen-bond acceptors (Lipinski definition) is 4. The Kier molecular flexibility index (Phi) is 4.21. The Balaban J connectivity index is 2.20. The first-order chi connectivity index (χ1) is 8.55. The molecule has 1 N–H and O–H groups in total. The van der Waals surface area contributed by atoms with Crippen LogP contribution in [0.4, 0.5) is 0 Å². The Morgan fingerprint density at radius 3 is 2.67 bits per heavy atom. The van der Waals surface area contributed by atoms with Crippen molar-refractivity contribution in [3.63, 3.8) is 0 Å². The molecule has 1 fully saturated rings. The van der Waals surface area contributed by atoms with Crippen LogP contribution < -0.4 is 0 Å². The molecule has 0 spiro atoms. The Labute approximate surface area is 111 Å². The summed E-state index contributed by atoms with van der Waals surface area (Å²) in [7, 11) is -3.57. The summed E-state index contributed by atoms with van der Waals surface area (Å²) in [6.45, 7) is 0.944. The molecule has 1 aromatic rings. The molecule has 0 unspecified atom stereocenters. The van der Waals surface area contributed by atoms with E-state index in [1.165, 1.54) is 22.8 Å². The predicted molar refractivity (Wildman–Crippen MR) is 67.8 cm³/mol. The summed E-state index contributed by atoms with van der Waals surface area (Å²) >= 11 is 5.90. The van der Waals surface area contributed by atoms with Crippen LogP contribution in [0.3, 0.4) is 0 Å². The largest absolute Gasteiger partial charge is 0.396 e. The summed E-state index contributed by atoms with van der Waals surface area (Å²) in [5.74, 6) is 0.195. The highest BCUT2D eigenvalue weighted by Gasteiger charge is 2.30. The van der Waals surface area contributed by atoms with Crippen LogP contribution in [-0.4, -0.2) is 42.5 Å². The summed E-state index contributed by atoms with van der Waals surface area (Å²) in [5, 5.41) is 9.23. The van der Waals surface area contributed by atoms with Crippen molar-refractivity contribution < 1.29 is 13.5 Å². The van der Waals surface area contributed by atoms with Crippen LogP contribution in [0.15, 0.2) is 23.4 Å². The zero-order valence-corrected chi connectivity index (χ0v) is 11.4. The summed E-state index contributed by atoms with van der Waals surface area (Å²) < 4.78 is 26.1. The molecule has 0 bridgehead atoms. The zero-order chi connectivity index (χ0) is 13.2. The summed E-state index contributed by atoms with van der Waals surface area (Å²) in [4.78, 5) is 3.86. The van der Waals surface area contributed by atoms with E-state index < -0.39 is 10.0 Å². The van der Waals surface area contributed by atoms with Gasteiger partial charge in [0.2, 0.25) is 10.0 Å². The molecule has 100 valence electrons. The number of aliphatic hydroxyl groups is 1. The Hall–Kier alpha value is -0.690. The minimum atomic E-state index is -3.57. The first-order valence-corrected chi connectivity index (χ1v) is 7.58. The van der Waals surface area contributed by atoms with E-state index in [4.69, 9.17) is 16.7 Å². The van der Waals surface area contributed by atoms with E-state index >= 15 is 0 Å². The summed E-state index contributed by atoms with van der Waals surface area (Å²) in [6.07, 6.45) is 4.08. The summed E-state index contributed by atoms with van der Waals surface area (Å²) in [6, 6.07) is 1.47. The number of aromatic nitrogens is 1. The van der Waals surface area contributed by atoms with E-state index in [2.05, 4.69) is 4.98 Å². The number of aliphatic hydroxyl groups excluding tert-OH is 1. The smallest absolute Gasteiger partial charge is 0.246 e. The van der Waals surface area contributed by atoms with Crippen molar-refractivity contribution in [2.24, 2.45) is 5.92 Å². The van der Waals surface area contributed by atoms with E-state index in [9.17, 15) is 8.42 Å². The van der Waals surface area contributed by atoms with Gasteiger partial charge in [-0.3, -0.25) is 4.98 Å². The standard InChI is InChI=1S/C11H15ClN2O3S/c12-10-1-4-13-7-11(10)18(16,17)14-5-2-9(8-15)3-6-14/h1,4,7,9,15H,2-3,5-6,8H2. The molecule has 0 saturated carbocycles. The van der Waals surface area contributed by atoms with Gasteiger partial charge in [0.05, 0.1) is 5.02 Å². The van der Waals surface area contributed by atoms with Crippen molar-refractivity contribution in [2.75, 3.05) is 19.7 Å². The van der Waals surface area contributed by atoms with Crippen molar-refractivity contribution in [3.05, 3.63) is 23.5 Å². The van der Waals surface area contributed by atoms with Gasteiger partial charge in [-0.25, -0.2) is 8.42 Å².